The van der Waals surface area contributed by atoms with Crippen molar-refractivity contribution < 1.29 is 14.3 Å². The van der Waals surface area contributed by atoms with Crippen LogP contribution < -0.4 is 20.1 Å². The highest BCUT2D eigenvalue weighted by molar-refractivity contribution is 5.74. The van der Waals surface area contributed by atoms with Crippen LogP contribution in [-0.2, 0) is 6.54 Å². The summed E-state index contributed by atoms with van der Waals surface area (Å²) in [5.74, 6) is 1.46. The van der Waals surface area contributed by atoms with E-state index in [4.69, 9.17) is 9.47 Å². The molecule has 134 valence electrons. The molecule has 0 unspecified atom stereocenters. The molecule has 0 aromatic heterocycles. The summed E-state index contributed by atoms with van der Waals surface area (Å²) in [5, 5.41) is 5.98. The number of carbonyl (C=O) groups excluding carboxylic acids is 1. The molecule has 1 aromatic rings. The molecule has 5 nitrogen and oxygen atoms in total. The molecule has 2 amide bonds. The third kappa shape index (κ3) is 5.95. The average molecular weight is 334 g/mol. The zero-order valence-electron chi connectivity index (χ0n) is 14.9. The molecule has 0 radical (unpaired) electrons. The molecule has 0 bridgehead atoms. The highest BCUT2D eigenvalue weighted by atomic mass is 16.5. The molecule has 24 heavy (non-hydrogen) atoms. The van der Waals surface area contributed by atoms with Crippen molar-refractivity contribution in [2.75, 3.05) is 13.7 Å². The van der Waals surface area contributed by atoms with E-state index in [0.29, 0.717) is 24.9 Å². The third-order valence-corrected chi connectivity index (χ3v) is 4.38. The molecule has 1 aromatic carbocycles. The Labute approximate surface area is 145 Å². The molecule has 1 fully saturated rings. The van der Waals surface area contributed by atoms with Crippen molar-refractivity contribution in [3.63, 3.8) is 0 Å². The van der Waals surface area contributed by atoms with Crippen molar-refractivity contribution in [1.29, 1.82) is 0 Å². The lowest BCUT2D eigenvalue weighted by Gasteiger charge is -2.22. The molecule has 2 rings (SSSR count). The topological polar surface area (TPSA) is 59.6 Å². The van der Waals surface area contributed by atoms with E-state index in [2.05, 4.69) is 17.6 Å². The molecular formula is C19H30N2O3. The van der Waals surface area contributed by atoms with Gasteiger partial charge in [0.2, 0.25) is 0 Å². The maximum atomic E-state index is 12.0. The van der Waals surface area contributed by atoms with E-state index < -0.39 is 0 Å². The summed E-state index contributed by atoms with van der Waals surface area (Å²) in [6, 6.07) is 6.02. The molecule has 0 aliphatic heterocycles. The predicted molar refractivity (Wildman–Crippen MR) is 95.6 cm³/mol. The van der Waals surface area contributed by atoms with Crippen molar-refractivity contribution in [2.24, 2.45) is 0 Å². The molecule has 0 atom stereocenters. The lowest BCUT2D eigenvalue weighted by Crippen LogP contribution is -2.42. The summed E-state index contributed by atoms with van der Waals surface area (Å²) < 4.78 is 11.1. The van der Waals surface area contributed by atoms with Crippen molar-refractivity contribution in [3.8, 4) is 11.5 Å². The van der Waals surface area contributed by atoms with Gasteiger partial charge in [-0.15, -0.1) is 0 Å². The normalized spacial score (nSPS) is 14.9. The summed E-state index contributed by atoms with van der Waals surface area (Å²) in [7, 11) is 1.63. The summed E-state index contributed by atoms with van der Waals surface area (Å²) >= 11 is 0. The van der Waals surface area contributed by atoms with E-state index >= 15 is 0 Å². The molecule has 2 N–H and O–H groups in total. The van der Waals surface area contributed by atoms with E-state index in [1.165, 1.54) is 19.3 Å². The lowest BCUT2D eigenvalue weighted by molar-refractivity contribution is 0.232. The number of hydrogen-bond donors (Lipinski definition) is 2. The largest absolute Gasteiger partial charge is 0.493 e. The number of urea groups is 1. The molecule has 0 heterocycles. The van der Waals surface area contributed by atoms with Gasteiger partial charge in [0, 0.05) is 12.6 Å². The van der Waals surface area contributed by atoms with Crippen LogP contribution in [0.25, 0.3) is 0 Å². The van der Waals surface area contributed by atoms with Crippen LogP contribution in [-0.4, -0.2) is 25.8 Å². The quantitative estimate of drug-likeness (QED) is 0.706. The highest BCUT2D eigenvalue weighted by Crippen LogP contribution is 2.28. The Hall–Kier alpha value is -1.91. The van der Waals surface area contributed by atoms with Crippen molar-refractivity contribution in [3.05, 3.63) is 23.8 Å². The molecule has 1 aliphatic rings. The number of benzene rings is 1. The van der Waals surface area contributed by atoms with Gasteiger partial charge in [0.05, 0.1) is 13.7 Å². The minimum atomic E-state index is -0.0934. The van der Waals surface area contributed by atoms with Gasteiger partial charge in [-0.3, -0.25) is 0 Å². The number of nitrogens with one attached hydrogen (secondary N) is 2. The zero-order chi connectivity index (χ0) is 17.2. The van der Waals surface area contributed by atoms with E-state index in [1.807, 2.05) is 18.2 Å². The lowest BCUT2D eigenvalue weighted by atomic mass is 9.96. The molecule has 0 saturated heterocycles. The number of hydrogen-bond acceptors (Lipinski definition) is 3. The maximum absolute atomic E-state index is 12.0. The van der Waals surface area contributed by atoms with Gasteiger partial charge >= 0.3 is 6.03 Å². The number of amides is 2. The van der Waals surface area contributed by atoms with Crippen molar-refractivity contribution in [1.82, 2.24) is 10.6 Å². The second kappa shape index (κ2) is 10.1. The van der Waals surface area contributed by atoms with Crippen LogP contribution in [0.4, 0.5) is 4.79 Å². The summed E-state index contributed by atoms with van der Waals surface area (Å²) in [6.45, 7) is 3.30. The van der Waals surface area contributed by atoms with Crippen molar-refractivity contribution >= 4 is 6.03 Å². The Balaban J connectivity index is 1.81. The van der Waals surface area contributed by atoms with Crippen LogP contribution >= 0.6 is 0 Å². The Morgan fingerprint density at radius 3 is 2.71 bits per heavy atom. The SMILES string of the molecule is CCCCOc1ccc(CNC(=O)NC2CCCCC2)cc1OC. The maximum Gasteiger partial charge on any atom is 0.315 e. The smallest absolute Gasteiger partial charge is 0.315 e. The summed E-state index contributed by atoms with van der Waals surface area (Å²) in [5.41, 5.74) is 0.994. The second-order valence-corrected chi connectivity index (χ2v) is 6.35. The fourth-order valence-corrected chi connectivity index (χ4v) is 2.93. The van der Waals surface area contributed by atoms with Crippen LogP contribution in [0, 0.1) is 0 Å². The van der Waals surface area contributed by atoms with Gasteiger partial charge in [-0.25, -0.2) is 4.79 Å². The number of ether oxygens (including phenoxy) is 2. The number of carbonyl (C=O) groups is 1. The predicted octanol–water partition coefficient (Wildman–Crippen LogP) is 4.01. The molecule has 1 saturated carbocycles. The van der Waals surface area contributed by atoms with E-state index in [0.717, 1.165) is 37.0 Å². The number of methoxy groups -OCH3 is 1. The van der Waals surface area contributed by atoms with Crippen LogP contribution in [0.15, 0.2) is 18.2 Å². The molecule has 5 heteroatoms. The van der Waals surface area contributed by atoms with Gasteiger partial charge in [-0.2, -0.15) is 0 Å². The first kappa shape index (κ1) is 18.4. The van der Waals surface area contributed by atoms with Gasteiger partial charge in [0.15, 0.2) is 11.5 Å². The zero-order valence-corrected chi connectivity index (χ0v) is 14.9. The molecular weight excluding hydrogens is 304 g/mol. The standard InChI is InChI=1S/C19H30N2O3/c1-3-4-12-24-17-11-10-15(13-18(17)23-2)14-20-19(22)21-16-8-6-5-7-9-16/h10-11,13,16H,3-9,12,14H2,1-2H3,(H2,20,21,22). The average Bonchev–Trinajstić information content (AvgIpc) is 2.61. The Morgan fingerprint density at radius 1 is 1.21 bits per heavy atom. The van der Waals surface area contributed by atoms with Crippen LogP contribution in [0.2, 0.25) is 0 Å². The number of unbranched alkanes of at least 4 members (excludes halogenated alkanes) is 1. The summed E-state index contributed by atoms with van der Waals surface area (Å²) in [6.07, 6.45) is 8.00. The summed E-state index contributed by atoms with van der Waals surface area (Å²) in [4.78, 5) is 12.0. The first-order chi connectivity index (χ1) is 11.7. The minimum absolute atomic E-state index is 0.0934. The van der Waals surface area contributed by atoms with E-state index in [1.54, 1.807) is 7.11 Å². The Morgan fingerprint density at radius 2 is 2.00 bits per heavy atom. The fourth-order valence-electron chi connectivity index (χ4n) is 2.93. The monoisotopic (exact) mass is 334 g/mol. The van der Waals surface area contributed by atoms with Gasteiger partial charge in [-0.05, 0) is 37.0 Å². The van der Waals surface area contributed by atoms with E-state index in [9.17, 15) is 4.79 Å². The van der Waals surface area contributed by atoms with Gasteiger partial charge in [-0.1, -0.05) is 38.7 Å². The Kier molecular flexibility index (Phi) is 7.72. The van der Waals surface area contributed by atoms with Crippen LogP contribution in [0.5, 0.6) is 11.5 Å². The van der Waals surface area contributed by atoms with Crippen molar-refractivity contribution in [2.45, 2.75) is 64.5 Å². The molecule has 0 spiro atoms. The van der Waals surface area contributed by atoms with Gasteiger partial charge < -0.3 is 20.1 Å². The number of rotatable bonds is 8. The van der Waals surface area contributed by atoms with Gasteiger partial charge in [0.25, 0.3) is 0 Å². The molecule has 1 aliphatic carbocycles. The third-order valence-electron chi connectivity index (χ3n) is 4.38. The van der Waals surface area contributed by atoms with Crippen LogP contribution in [0.1, 0.15) is 57.4 Å². The van der Waals surface area contributed by atoms with Crippen LogP contribution in [0.3, 0.4) is 0 Å². The highest BCUT2D eigenvalue weighted by Gasteiger charge is 2.15. The minimum Gasteiger partial charge on any atom is -0.493 e. The van der Waals surface area contributed by atoms with E-state index in [-0.39, 0.29) is 6.03 Å². The fraction of sp³-hybridized carbons (Fsp3) is 0.632. The first-order valence-corrected chi connectivity index (χ1v) is 9.07. The Bertz CT molecular complexity index is 513. The second-order valence-electron chi connectivity index (χ2n) is 6.35. The first-order valence-electron chi connectivity index (χ1n) is 9.07. The van der Waals surface area contributed by atoms with Gasteiger partial charge in [0.1, 0.15) is 0 Å².